The van der Waals surface area contributed by atoms with Gasteiger partial charge >= 0.3 is 11.9 Å². The number of carbonyl (C=O) groups excluding carboxylic acids is 2. The molecule has 0 saturated carbocycles. The number of anilines is 1. The Balaban J connectivity index is 2.17. The van der Waals surface area contributed by atoms with Gasteiger partial charge in [0, 0.05) is 19.3 Å². The third kappa shape index (κ3) is 3.52. The number of nitrogens with zero attached hydrogens (tertiary/aromatic N) is 3. The molecule has 0 unspecified atom stereocenters. The third-order valence-electron chi connectivity index (χ3n) is 3.71. The number of aryl methyl sites for hydroxylation is 1. The number of piperidine rings is 1. The fourth-order valence-electron chi connectivity index (χ4n) is 2.55. The first-order valence-electron chi connectivity index (χ1n) is 7.40. The van der Waals surface area contributed by atoms with Gasteiger partial charge in [-0.2, -0.15) is 0 Å². The van der Waals surface area contributed by atoms with E-state index in [0.29, 0.717) is 49.7 Å². The summed E-state index contributed by atoms with van der Waals surface area (Å²) in [7, 11) is 1.40. The summed E-state index contributed by atoms with van der Waals surface area (Å²) >= 11 is 0. The lowest BCUT2D eigenvalue weighted by Gasteiger charge is -2.32. The minimum Gasteiger partial charge on any atom is -0.469 e. The van der Waals surface area contributed by atoms with E-state index in [1.807, 2.05) is 4.90 Å². The molecule has 0 bridgehead atoms. The molecule has 2 heterocycles. The Kier molecular flexibility index (Phi) is 5.30. The quantitative estimate of drug-likeness (QED) is 0.777. The molecule has 7 nitrogen and oxygen atoms in total. The number of hydrogen-bond donors (Lipinski definition) is 0. The topological polar surface area (TPSA) is 81.6 Å². The normalized spacial score (nSPS) is 15.5. The van der Waals surface area contributed by atoms with Gasteiger partial charge in [0.1, 0.15) is 17.2 Å². The zero-order chi connectivity index (χ0) is 16.1. The van der Waals surface area contributed by atoms with Crippen LogP contribution in [0.3, 0.4) is 0 Å². The van der Waals surface area contributed by atoms with Gasteiger partial charge in [0.25, 0.3) is 0 Å². The van der Waals surface area contributed by atoms with Crippen LogP contribution in [0.5, 0.6) is 0 Å². The zero-order valence-corrected chi connectivity index (χ0v) is 13.2. The van der Waals surface area contributed by atoms with E-state index in [9.17, 15) is 9.59 Å². The van der Waals surface area contributed by atoms with E-state index < -0.39 is 5.97 Å². The fraction of sp³-hybridized carbons (Fsp3) is 0.600. The monoisotopic (exact) mass is 307 g/mol. The highest BCUT2D eigenvalue weighted by Gasteiger charge is 2.28. The molecule has 1 aliphatic rings. The Morgan fingerprint density at radius 3 is 2.64 bits per heavy atom. The first-order valence-corrected chi connectivity index (χ1v) is 7.40. The lowest BCUT2D eigenvalue weighted by molar-refractivity contribution is -0.146. The van der Waals surface area contributed by atoms with Crippen molar-refractivity contribution >= 4 is 17.8 Å². The highest BCUT2D eigenvalue weighted by atomic mass is 16.5. The van der Waals surface area contributed by atoms with Gasteiger partial charge in [-0.15, -0.1) is 0 Å². The highest BCUT2D eigenvalue weighted by Crippen LogP contribution is 2.25. The molecule has 1 aromatic heterocycles. The number of methoxy groups -OCH3 is 1. The number of aromatic nitrogens is 2. The van der Waals surface area contributed by atoms with Crippen LogP contribution in [0.15, 0.2) is 6.20 Å². The van der Waals surface area contributed by atoms with Gasteiger partial charge in [0.15, 0.2) is 0 Å². The number of rotatable bonds is 4. The maximum absolute atomic E-state index is 12.0. The van der Waals surface area contributed by atoms with Crippen LogP contribution in [-0.4, -0.2) is 48.7 Å². The number of carbonyl (C=O) groups is 2. The number of ether oxygens (including phenoxy) is 2. The average Bonchev–Trinajstić information content (AvgIpc) is 2.54. The molecule has 2 rings (SSSR count). The average molecular weight is 307 g/mol. The second-order valence-electron chi connectivity index (χ2n) is 5.16. The number of esters is 2. The Bertz CT molecular complexity index is 554. The summed E-state index contributed by atoms with van der Waals surface area (Å²) < 4.78 is 9.84. The zero-order valence-electron chi connectivity index (χ0n) is 13.2. The Labute approximate surface area is 129 Å². The smallest absolute Gasteiger partial charge is 0.343 e. The van der Waals surface area contributed by atoms with Crippen LogP contribution >= 0.6 is 0 Å². The van der Waals surface area contributed by atoms with Gasteiger partial charge in [-0.3, -0.25) is 4.79 Å². The fourth-order valence-corrected chi connectivity index (χ4v) is 2.55. The van der Waals surface area contributed by atoms with E-state index in [2.05, 4.69) is 9.97 Å². The molecule has 0 spiro atoms. The van der Waals surface area contributed by atoms with Crippen molar-refractivity contribution in [1.29, 1.82) is 0 Å². The van der Waals surface area contributed by atoms with Gasteiger partial charge in [-0.25, -0.2) is 14.8 Å². The molecular formula is C15H21N3O4. The SMILES string of the molecule is CCOC(=O)c1cnc(C)nc1N1CCC(C(=O)OC)CC1. The second kappa shape index (κ2) is 7.20. The maximum Gasteiger partial charge on any atom is 0.343 e. The molecule has 0 amide bonds. The van der Waals surface area contributed by atoms with E-state index in [0.717, 1.165) is 0 Å². The molecule has 0 aromatic carbocycles. The molecular weight excluding hydrogens is 286 g/mol. The molecule has 0 radical (unpaired) electrons. The molecule has 1 aromatic rings. The predicted molar refractivity (Wildman–Crippen MR) is 79.7 cm³/mol. The Morgan fingerprint density at radius 2 is 2.05 bits per heavy atom. The minimum absolute atomic E-state index is 0.0878. The molecule has 1 aliphatic heterocycles. The molecule has 7 heteroatoms. The van der Waals surface area contributed by atoms with Crippen LogP contribution in [0.2, 0.25) is 0 Å². The lowest BCUT2D eigenvalue weighted by Crippen LogP contribution is -2.38. The van der Waals surface area contributed by atoms with Crippen molar-refractivity contribution in [3.63, 3.8) is 0 Å². The van der Waals surface area contributed by atoms with Gasteiger partial charge in [0.05, 0.1) is 19.6 Å². The van der Waals surface area contributed by atoms with Gasteiger partial charge < -0.3 is 14.4 Å². The summed E-state index contributed by atoms with van der Waals surface area (Å²) in [6, 6.07) is 0. The van der Waals surface area contributed by atoms with Crippen molar-refractivity contribution in [2.24, 2.45) is 5.92 Å². The van der Waals surface area contributed by atoms with Crippen molar-refractivity contribution in [2.45, 2.75) is 26.7 Å². The minimum atomic E-state index is -0.424. The van der Waals surface area contributed by atoms with E-state index in [-0.39, 0.29) is 11.9 Å². The van der Waals surface area contributed by atoms with Crippen molar-refractivity contribution < 1.29 is 19.1 Å². The molecule has 0 atom stereocenters. The van der Waals surface area contributed by atoms with Crippen LogP contribution < -0.4 is 4.90 Å². The van der Waals surface area contributed by atoms with Crippen LogP contribution in [0, 0.1) is 12.8 Å². The summed E-state index contributed by atoms with van der Waals surface area (Å²) in [6.45, 7) is 5.12. The van der Waals surface area contributed by atoms with Crippen molar-refractivity contribution in [1.82, 2.24) is 9.97 Å². The Hall–Kier alpha value is -2.18. The highest BCUT2D eigenvalue weighted by molar-refractivity contribution is 5.94. The molecule has 1 fully saturated rings. The summed E-state index contributed by atoms with van der Waals surface area (Å²) in [4.78, 5) is 34.1. The van der Waals surface area contributed by atoms with Crippen molar-refractivity contribution in [3.8, 4) is 0 Å². The van der Waals surface area contributed by atoms with E-state index in [1.54, 1.807) is 13.8 Å². The predicted octanol–water partition coefficient (Wildman–Crippen LogP) is 1.35. The third-order valence-corrected chi connectivity index (χ3v) is 3.71. The first-order chi connectivity index (χ1) is 10.6. The lowest BCUT2D eigenvalue weighted by atomic mass is 9.97. The molecule has 0 N–H and O–H groups in total. The van der Waals surface area contributed by atoms with Crippen molar-refractivity contribution in [3.05, 3.63) is 17.6 Å². The van der Waals surface area contributed by atoms with Gasteiger partial charge in [-0.1, -0.05) is 0 Å². The molecule has 22 heavy (non-hydrogen) atoms. The van der Waals surface area contributed by atoms with Crippen LogP contribution in [0.4, 0.5) is 5.82 Å². The van der Waals surface area contributed by atoms with E-state index >= 15 is 0 Å². The Morgan fingerprint density at radius 1 is 1.36 bits per heavy atom. The summed E-state index contributed by atoms with van der Waals surface area (Å²) in [5, 5.41) is 0. The molecule has 120 valence electrons. The summed E-state index contributed by atoms with van der Waals surface area (Å²) in [5.41, 5.74) is 0.365. The van der Waals surface area contributed by atoms with Crippen LogP contribution in [-0.2, 0) is 14.3 Å². The second-order valence-corrected chi connectivity index (χ2v) is 5.16. The van der Waals surface area contributed by atoms with Gasteiger partial charge in [0.2, 0.25) is 0 Å². The van der Waals surface area contributed by atoms with Crippen LogP contribution in [0.1, 0.15) is 35.9 Å². The van der Waals surface area contributed by atoms with E-state index in [1.165, 1.54) is 13.3 Å². The first kappa shape index (κ1) is 16.2. The standard InChI is InChI=1S/C15H21N3O4/c1-4-22-15(20)12-9-16-10(2)17-13(12)18-7-5-11(6-8-18)14(19)21-3/h9,11H,4-8H2,1-3H3. The molecule has 1 saturated heterocycles. The summed E-state index contributed by atoms with van der Waals surface area (Å²) in [5.74, 6) is 0.486. The molecule has 0 aliphatic carbocycles. The number of hydrogen-bond acceptors (Lipinski definition) is 7. The van der Waals surface area contributed by atoms with Crippen LogP contribution in [0.25, 0.3) is 0 Å². The maximum atomic E-state index is 12.0. The summed E-state index contributed by atoms with van der Waals surface area (Å²) in [6.07, 6.45) is 2.86. The van der Waals surface area contributed by atoms with Crippen molar-refractivity contribution in [2.75, 3.05) is 31.7 Å². The van der Waals surface area contributed by atoms with Gasteiger partial charge in [-0.05, 0) is 26.7 Å². The van der Waals surface area contributed by atoms with E-state index in [4.69, 9.17) is 9.47 Å². The largest absolute Gasteiger partial charge is 0.469 e.